The molecule has 2 atom stereocenters. The van der Waals surface area contributed by atoms with E-state index in [1.54, 1.807) is 0 Å². The lowest BCUT2D eigenvalue weighted by Gasteiger charge is -2.25. The zero-order chi connectivity index (χ0) is 13.9. The number of likely N-dealkylation sites (N-methyl/N-ethyl adjacent to an activating group) is 1. The van der Waals surface area contributed by atoms with E-state index < -0.39 is 0 Å². The van der Waals surface area contributed by atoms with Gasteiger partial charge in [0.2, 0.25) is 0 Å². The van der Waals surface area contributed by atoms with Gasteiger partial charge in [0.05, 0.1) is 0 Å². The fraction of sp³-hybridized carbons (Fsp3) is 0.750. The minimum absolute atomic E-state index is 0.808. The maximum atomic E-state index is 3.59. The summed E-state index contributed by atoms with van der Waals surface area (Å²) in [4.78, 5) is 8.15. The number of nitrogens with zero attached hydrogens (tertiary/aromatic N) is 2. The average Bonchev–Trinajstić information content (AvgIpc) is 2.92. The molecule has 3 rings (SSSR count). The highest BCUT2D eigenvalue weighted by Crippen LogP contribution is 2.28. The predicted molar refractivity (Wildman–Crippen MR) is 86.4 cm³/mol. The standard InChI is InChI=1S/C16H27N3S/c1-13-3-6-16(20-13)11-17-8-10-19-9-7-14-4-5-15(12-19)18(14)2/h3,6,14-15,17H,4-5,7-12H2,1-2H3. The molecule has 2 saturated heterocycles. The summed E-state index contributed by atoms with van der Waals surface area (Å²) in [6.07, 6.45) is 4.18. The topological polar surface area (TPSA) is 18.5 Å². The Morgan fingerprint density at radius 2 is 2.10 bits per heavy atom. The van der Waals surface area contributed by atoms with E-state index in [4.69, 9.17) is 0 Å². The van der Waals surface area contributed by atoms with E-state index in [1.165, 1.54) is 48.7 Å². The van der Waals surface area contributed by atoms with Crippen molar-refractivity contribution in [3.63, 3.8) is 0 Å². The molecule has 20 heavy (non-hydrogen) atoms. The number of nitrogens with one attached hydrogen (secondary N) is 1. The van der Waals surface area contributed by atoms with Crippen molar-refractivity contribution in [1.29, 1.82) is 0 Å². The van der Waals surface area contributed by atoms with E-state index in [2.05, 4.69) is 41.2 Å². The number of hydrogen-bond acceptors (Lipinski definition) is 4. The molecule has 2 fully saturated rings. The molecular formula is C16H27N3S. The number of fused-ring (bicyclic) bond motifs is 2. The maximum absolute atomic E-state index is 3.59. The summed E-state index contributed by atoms with van der Waals surface area (Å²) in [6, 6.07) is 6.12. The van der Waals surface area contributed by atoms with E-state index >= 15 is 0 Å². The molecule has 0 amide bonds. The normalized spacial score (nSPS) is 27.9. The summed E-state index contributed by atoms with van der Waals surface area (Å²) >= 11 is 1.90. The van der Waals surface area contributed by atoms with Gasteiger partial charge >= 0.3 is 0 Å². The summed E-state index contributed by atoms with van der Waals surface area (Å²) in [7, 11) is 2.32. The molecular weight excluding hydrogens is 266 g/mol. The van der Waals surface area contributed by atoms with E-state index in [-0.39, 0.29) is 0 Å². The lowest BCUT2D eigenvalue weighted by atomic mass is 10.1. The molecule has 2 aliphatic rings. The van der Waals surface area contributed by atoms with Crippen LogP contribution in [0.1, 0.15) is 29.0 Å². The van der Waals surface area contributed by atoms with Crippen molar-refractivity contribution in [2.75, 3.05) is 33.2 Å². The third-order valence-corrected chi connectivity index (χ3v) is 5.93. The van der Waals surface area contributed by atoms with Crippen LogP contribution in [0.2, 0.25) is 0 Å². The zero-order valence-corrected chi connectivity index (χ0v) is 13.6. The Kier molecular flexibility index (Phi) is 4.76. The van der Waals surface area contributed by atoms with Crippen LogP contribution in [0.4, 0.5) is 0 Å². The third-order valence-electron chi connectivity index (χ3n) is 4.93. The summed E-state index contributed by atoms with van der Waals surface area (Å²) in [5.74, 6) is 0. The Balaban J connectivity index is 1.38. The van der Waals surface area contributed by atoms with Gasteiger partial charge < -0.3 is 10.2 Å². The van der Waals surface area contributed by atoms with Gasteiger partial charge in [-0.3, -0.25) is 4.90 Å². The highest BCUT2D eigenvalue weighted by Gasteiger charge is 2.34. The van der Waals surface area contributed by atoms with Crippen molar-refractivity contribution in [2.24, 2.45) is 0 Å². The van der Waals surface area contributed by atoms with Gasteiger partial charge in [0, 0.05) is 48.0 Å². The predicted octanol–water partition coefficient (Wildman–Crippen LogP) is 2.31. The van der Waals surface area contributed by atoms with Gasteiger partial charge in [0.25, 0.3) is 0 Å². The number of rotatable bonds is 5. The number of aryl methyl sites for hydroxylation is 1. The molecule has 1 N–H and O–H groups in total. The van der Waals surface area contributed by atoms with Crippen LogP contribution in [-0.4, -0.2) is 55.1 Å². The molecule has 3 heterocycles. The van der Waals surface area contributed by atoms with Gasteiger partial charge in [0.15, 0.2) is 0 Å². The average molecular weight is 293 g/mol. The molecule has 1 aromatic rings. The molecule has 4 heteroatoms. The van der Waals surface area contributed by atoms with Crippen LogP contribution in [0.15, 0.2) is 12.1 Å². The molecule has 0 spiro atoms. The van der Waals surface area contributed by atoms with Gasteiger partial charge in [-0.2, -0.15) is 0 Å². The summed E-state index contributed by atoms with van der Waals surface area (Å²) < 4.78 is 0. The molecule has 0 aliphatic carbocycles. The van der Waals surface area contributed by atoms with Crippen LogP contribution in [0.5, 0.6) is 0 Å². The Bertz CT molecular complexity index is 431. The number of likely N-dealkylation sites (tertiary alicyclic amines) is 1. The van der Waals surface area contributed by atoms with Crippen LogP contribution < -0.4 is 5.32 Å². The Labute approximate surface area is 127 Å². The second kappa shape index (κ2) is 6.56. The minimum atomic E-state index is 0.808. The number of thiophene rings is 1. The first-order chi connectivity index (χ1) is 9.72. The lowest BCUT2D eigenvalue weighted by Crippen LogP contribution is -2.39. The van der Waals surface area contributed by atoms with E-state index in [9.17, 15) is 0 Å². The Hall–Kier alpha value is -0.420. The van der Waals surface area contributed by atoms with Crippen molar-refractivity contribution in [3.05, 3.63) is 21.9 Å². The summed E-state index contributed by atoms with van der Waals surface area (Å²) in [5.41, 5.74) is 0. The van der Waals surface area contributed by atoms with Crippen molar-refractivity contribution in [1.82, 2.24) is 15.1 Å². The summed E-state index contributed by atoms with van der Waals surface area (Å²) in [6.45, 7) is 8.06. The number of hydrogen-bond donors (Lipinski definition) is 1. The Morgan fingerprint density at radius 1 is 1.25 bits per heavy atom. The first-order valence-corrected chi connectivity index (χ1v) is 8.74. The van der Waals surface area contributed by atoms with Gasteiger partial charge in [-0.1, -0.05) is 0 Å². The lowest BCUT2D eigenvalue weighted by molar-refractivity contribution is 0.219. The molecule has 3 nitrogen and oxygen atoms in total. The highest BCUT2D eigenvalue weighted by molar-refractivity contribution is 7.11. The van der Waals surface area contributed by atoms with Gasteiger partial charge in [-0.05, 0) is 51.9 Å². The van der Waals surface area contributed by atoms with Gasteiger partial charge in [-0.15, -0.1) is 11.3 Å². The Morgan fingerprint density at radius 3 is 2.90 bits per heavy atom. The zero-order valence-electron chi connectivity index (χ0n) is 12.8. The quantitative estimate of drug-likeness (QED) is 0.841. The van der Waals surface area contributed by atoms with Crippen molar-refractivity contribution in [2.45, 2.75) is 44.8 Å². The molecule has 2 aliphatic heterocycles. The van der Waals surface area contributed by atoms with Crippen LogP contribution >= 0.6 is 11.3 Å². The van der Waals surface area contributed by atoms with E-state index in [0.717, 1.165) is 25.2 Å². The van der Waals surface area contributed by atoms with Gasteiger partial charge in [-0.25, -0.2) is 0 Å². The maximum Gasteiger partial charge on any atom is 0.0300 e. The highest BCUT2D eigenvalue weighted by atomic mass is 32.1. The summed E-state index contributed by atoms with van der Waals surface area (Å²) in [5, 5.41) is 3.59. The van der Waals surface area contributed by atoms with Crippen molar-refractivity contribution >= 4 is 11.3 Å². The molecule has 2 unspecified atom stereocenters. The fourth-order valence-electron chi connectivity index (χ4n) is 3.61. The van der Waals surface area contributed by atoms with Crippen molar-refractivity contribution < 1.29 is 0 Å². The smallest absolute Gasteiger partial charge is 0.0300 e. The monoisotopic (exact) mass is 293 g/mol. The fourth-order valence-corrected chi connectivity index (χ4v) is 4.47. The second-order valence-corrected chi connectivity index (χ2v) is 7.70. The first kappa shape index (κ1) is 14.5. The van der Waals surface area contributed by atoms with E-state index in [1.807, 2.05) is 11.3 Å². The molecule has 2 bridgehead atoms. The minimum Gasteiger partial charge on any atom is -0.311 e. The second-order valence-electron chi connectivity index (χ2n) is 6.33. The first-order valence-electron chi connectivity index (χ1n) is 7.92. The van der Waals surface area contributed by atoms with E-state index in [0.29, 0.717) is 0 Å². The molecule has 0 saturated carbocycles. The van der Waals surface area contributed by atoms with Gasteiger partial charge in [0.1, 0.15) is 0 Å². The van der Waals surface area contributed by atoms with Crippen molar-refractivity contribution in [3.8, 4) is 0 Å². The third kappa shape index (κ3) is 3.42. The molecule has 0 aromatic carbocycles. The molecule has 1 aromatic heterocycles. The SMILES string of the molecule is Cc1ccc(CNCCN2CCC3CCC(C2)N3C)s1. The largest absolute Gasteiger partial charge is 0.311 e. The van der Waals surface area contributed by atoms with Crippen LogP contribution in [0.25, 0.3) is 0 Å². The van der Waals surface area contributed by atoms with Crippen LogP contribution in [-0.2, 0) is 6.54 Å². The van der Waals surface area contributed by atoms with Crippen LogP contribution in [0.3, 0.4) is 0 Å². The van der Waals surface area contributed by atoms with Crippen LogP contribution in [0, 0.1) is 6.92 Å². The molecule has 0 radical (unpaired) electrons. The molecule has 112 valence electrons.